The van der Waals surface area contributed by atoms with Crippen LogP contribution in [0.4, 0.5) is 0 Å². The summed E-state index contributed by atoms with van der Waals surface area (Å²) in [4.78, 5) is 38.7. The van der Waals surface area contributed by atoms with Crippen molar-refractivity contribution in [1.82, 2.24) is 15.5 Å². The molecule has 0 bridgehead atoms. The van der Waals surface area contributed by atoms with E-state index in [1.165, 1.54) is 0 Å². The van der Waals surface area contributed by atoms with Crippen molar-refractivity contribution in [3.8, 4) is 0 Å². The predicted octanol–water partition coefficient (Wildman–Crippen LogP) is 1.67. The van der Waals surface area contributed by atoms with Crippen LogP contribution in [-0.2, 0) is 9.59 Å². The predicted molar refractivity (Wildman–Crippen MR) is 104 cm³/mol. The van der Waals surface area contributed by atoms with E-state index in [-0.39, 0.29) is 17.7 Å². The van der Waals surface area contributed by atoms with Crippen LogP contribution in [0.15, 0.2) is 30.3 Å². The van der Waals surface area contributed by atoms with E-state index in [2.05, 4.69) is 10.6 Å². The molecule has 1 aromatic rings. The molecular weight excluding hydrogens is 350 g/mol. The zero-order valence-electron chi connectivity index (χ0n) is 15.2. The summed E-state index contributed by atoms with van der Waals surface area (Å²) in [7, 11) is 0. The normalized spacial score (nSPS) is 14.7. The highest BCUT2D eigenvalue weighted by atomic mass is 32.2. The first-order valence-electron chi connectivity index (χ1n) is 9.02. The van der Waals surface area contributed by atoms with E-state index in [1.54, 1.807) is 36.0 Å². The van der Waals surface area contributed by atoms with Gasteiger partial charge in [-0.25, -0.2) is 0 Å². The van der Waals surface area contributed by atoms with Gasteiger partial charge in [-0.05, 0) is 43.4 Å². The van der Waals surface area contributed by atoms with E-state index in [4.69, 9.17) is 0 Å². The first-order chi connectivity index (χ1) is 12.6. The number of amides is 3. The maximum atomic E-state index is 12.5. The summed E-state index contributed by atoms with van der Waals surface area (Å²) in [5.41, 5.74) is 0.527. The zero-order valence-corrected chi connectivity index (χ0v) is 16.0. The Hall–Kier alpha value is -2.02. The largest absolute Gasteiger partial charge is 0.354 e. The van der Waals surface area contributed by atoms with Gasteiger partial charge >= 0.3 is 0 Å². The summed E-state index contributed by atoms with van der Waals surface area (Å²) in [6, 6.07) is 8.25. The van der Waals surface area contributed by atoms with Crippen LogP contribution in [0.1, 0.15) is 36.0 Å². The third-order valence-electron chi connectivity index (χ3n) is 4.37. The lowest BCUT2D eigenvalue weighted by Gasteiger charge is -2.19. The van der Waals surface area contributed by atoms with Crippen LogP contribution < -0.4 is 10.6 Å². The Morgan fingerprint density at radius 2 is 1.85 bits per heavy atom. The van der Waals surface area contributed by atoms with Crippen molar-refractivity contribution in [1.29, 1.82) is 0 Å². The minimum atomic E-state index is -0.600. The maximum absolute atomic E-state index is 12.5. The van der Waals surface area contributed by atoms with Gasteiger partial charge in [-0.3, -0.25) is 14.4 Å². The summed E-state index contributed by atoms with van der Waals surface area (Å²) >= 11 is 1.62. The highest BCUT2D eigenvalue weighted by molar-refractivity contribution is 7.98. The Kier molecular flexibility index (Phi) is 8.47. The van der Waals surface area contributed by atoms with E-state index >= 15 is 0 Å². The topological polar surface area (TPSA) is 78.5 Å². The molecule has 2 rings (SSSR count). The van der Waals surface area contributed by atoms with E-state index in [0.717, 1.165) is 31.7 Å². The van der Waals surface area contributed by atoms with Gasteiger partial charge < -0.3 is 15.5 Å². The molecule has 1 aliphatic rings. The molecule has 1 saturated heterocycles. The summed E-state index contributed by atoms with van der Waals surface area (Å²) in [6.07, 6.45) is 4.92. The van der Waals surface area contributed by atoms with Crippen molar-refractivity contribution in [2.75, 3.05) is 31.6 Å². The molecule has 1 heterocycles. The Labute approximate surface area is 159 Å². The minimum absolute atomic E-state index is 0.0804. The summed E-state index contributed by atoms with van der Waals surface area (Å²) in [6.45, 7) is 1.93. The molecule has 0 saturated carbocycles. The van der Waals surface area contributed by atoms with Gasteiger partial charge in [0, 0.05) is 31.6 Å². The molecular formula is C19H27N3O3S. The third kappa shape index (κ3) is 6.37. The maximum Gasteiger partial charge on any atom is 0.251 e. The van der Waals surface area contributed by atoms with Crippen LogP contribution in [0, 0.1) is 0 Å². The van der Waals surface area contributed by atoms with Crippen molar-refractivity contribution in [2.24, 2.45) is 0 Å². The molecule has 26 heavy (non-hydrogen) atoms. The average Bonchev–Trinajstić information content (AvgIpc) is 3.20. The average molecular weight is 378 g/mol. The molecule has 0 unspecified atom stereocenters. The Balaban J connectivity index is 1.83. The molecule has 7 heteroatoms. The van der Waals surface area contributed by atoms with Crippen molar-refractivity contribution < 1.29 is 14.4 Å². The van der Waals surface area contributed by atoms with Crippen LogP contribution in [-0.4, -0.2) is 60.3 Å². The number of nitrogens with zero attached hydrogens (tertiary/aromatic N) is 1. The number of likely N-dealkylation sites (tertiary alicyclic amines) is 1. The smallest absolute Gasteiger partial charge is 0.251 e. The lowest BCUT2D eigenvalue weighted by atomic mass is 10.1. The fourth-order valence-electron chi connectivity index (χ4n) is 2.88. The number of carbonyl (C=O) groups excluding carboxylic acids is 3. The van der Waals surface area contributed by atoms with Gasteiger partial charge in [-0.15, -0.1) is 0 Å². The minimum Gasteiger partial charge on any atom is -0.354 e. The molecule has 0 radical (unpaired) electrons. The van der Waals surface area contributed by atoms with Gasteiger partial charge in [-0.1, -0.05) is 18.2 Å². The number of rotatable bonds is 9. The lowest BCUT2D eigenvalue weighted by molar-refractivity contribution is -0.130. The van der Waals surface area contributed by atoms with Crippen molar-refractivity contribution in [3.05, 3.63) is 35.9 Å². The van der Waals surface area contributed by atoms with Crippen molar-refractivity contribution >= 4 is 29.5 Å². The third-order valence-corrected chi connectivity index (χ3v) is 5.01. The Bertz CT molecular complexity index is 603. The monoisotopic (exact) mass is 377 g/mol. The van der Waals surface area contributed by atoms with E-state index in [0.29, 0.717) is 24.9 Å². The fraction of sp³-hybridized carbons (Fsp3) is 0.526. The molecule has 142 valence electrons. The van der Waals surface area contributed by atoms with Gasteiger partial charge in [0.15, 0.2) is 0 Å². The van der Waals surface area contributed by atoms with Crippen molar-refractivity contribution in [2.45, 2.75) is 31.7 Å². The number of thioether (sulfide) groups is 1. The van der Waals surface area contributed by atoms with Gasteiger partial charge in [0.1, 0.15) is 6.04 Å². The first kappa shape index (κ1) is 20.3. The molecule has 2 N–H and O–H groups in total. The summed E-state index contributed by atoms with van der Waals surface area (Å²) < 4.78 is 0. The highest BCUT2D eigenvalue weighted by Gasteiger charge is 2.22. The molecule has 1 aliphatic heterocycles. The van der Waals surface area contributed by atoms with Crippen LogP contribution in [0.3, 0.4) is 0 Å². The van der Waals surface area contributed by atoms with Gasteiger partial charge in [0.05, 0.1) is 0 Å². The molecule has 1 atom stereocenters. The van der Waals surface area contributed by atoms with Gasteiger partial charge in [-0.2, -0.15) is 11.8 Å². The number of hydrogen-bond donors (Lipinski definition) is 2. The van der Waals surface area contributed by atoms with E-state index < -0.39 is 6.04 Å². The second kappa shape index (κ2) is 10.9. The van der Waals surface area contributed by atoms with Crippen LogP contribution in [0.2, 0.25) is 0 Å². The number of carbonyl (C=O) groups is 3. The van der Waals surface area contributed by atoms with Crippen LogP contribution in [0.5, 0.6) is 0 Å². The molecule has 1 fully saturated rings. The lowest BCUT2D eigenvalue weighted by Crippen LogP contribution is -2.47. The molecule has 1 aromatic carbocycles. The molecule has 0 spiro atoms. The SMILES string of the molecule is CSCC[C@H](NC(=O)c1ccccc1)C(=O)NCCC(=O)N1CCCC1. The summed E-state index contributed by atoms with van der Waals surface area (Å²) in [5.74, 6) is 0.342. The Morgan fingerprint density at radius 1 is 1.15 bits per heavy atom. The molecule has 0 aliphatic carbocycles. The molecule has 3 amide bonds. The van der Waals surface area contributed by atoms with Crippen LogP contribution >= 0.6 is 11.8 Å². The fourth-order valence-corrected chi connectivity index (χ4v) is 3.35. The molecule has 0 aromatic heterocycles. The second-order valence-electron chi connectivity index (χ2n) is 6.30. The van der Waals surface area contributed by atoms with Gasteiger partial charge in [0.25, 0.3) is 5.91 Å². The second-order valence-corrected chi connectivity index (χ2v) is 7.29. The van der Waals surface area contributed by atoms with Gasteiger partial charge in [0.2, 0.25) is 11.8 Å². The summed E-state index contributed by atoms with van der Waals surface area (Å²) in [5, 5.41) is 5.59. The van der Waals surface area contributed by atoms with E-state index in [1.807, 2.05) is 17.2 Å². The number of nitrogens with one attached hydrogen (secondary N) is 2. The molecule has 6 nitrogen and oxygen atoms in total. The quantitative estimate of drug-likeness (QED) is 0.686. The standard InChI is InChI=1S/C19H27N3O3S/c1-26-14-10-16(21-18(24)15-7-3-2-4-8-15)19(25)20-11-9-17(23)22-12-5-6-13-22/h2-4,7-8,16H,5-6,9-14H2,1H3,(H,20,25)(H,21,24)/t16-/m0/s1. The number of benzene rings is 1. The first-order valence-corrected chi connectivity index (χ1v) is 10.4. The highest BCUT2D eigenvalue weighted by Crippen LogP contribution is 2.08. The van der Waals surface area contributed by atoms with E-state index in [9.17, 15) is 14.4 Å². The zero-order chi connectivity index (χ0) is 18.8. The van der Waals surface area contributed by atoms with Crippen LogP contribution in [0.25, 0.3) is 0 Å². The Morgan fingerprint density at radius 3 is 2.50 bits per heavy atom. The number of hydrogen-bond acceptors (Lipinski definition) is 4. The van der Waals surface area contributed by atoms with Crippen molar-refractivity contribution in [3.63, 3.8) is 0 Å².